The molecule has 20 heavy (non-hydrogen) atoms. The first-order valence-electron chi connectivity index (χ1n) is 6.07. The largest absolute Gasteiger partial charge is 0.490 e. The second kappa shape index (κ2) is 5.20. The van der Waals surface area contributed by atoms with Crippen LogP contribution in [-0.4, -0.2) is 25.5 Å². The molecule has 0 fully saturated rings. The van der Waals surface area contributed by atoms with E-state index in [1.54, 1.807) is 13.0 Å². The summed E-state index contributed by atoms with van der Waals surface area (Å²) in [6, 6.07) is 4.96. The van der Waals surface area contributed by atoms with E-state index in [9.17, 15) is 14.9 Å². The molecule has 0 aliphatic heterocycles. The van der Waals surface area contributed by atoms with Gasteiger partial charge in [-0.15, -0.1) is 0 Å². The molecule has 1 unspecified atom stereocenters. The molecule has 0 aliphatic carbocycles. The standard InChI is InChI=1S/C13H14N4O3/c1-8-4-5-9(2)11(6-8)12(18)10(3)16-7-14-13(15-16)17(19)20/h4-7,10H,1-3H3. The van der Waals surface area contributed by atoms with E-state index in [1.807, 2.05) is 26.0 Å². The maximum absolute atomic E-state index is 12.4. The summed E-state index contributed by atoms with van der Waals surface area (Å²) in [6.07, 6.45) is 1.20. The van der Waals surface area contributed by atoms with Crippen LogP contribution in [0.4, 0.5) is 5.95 Å². The Hall–Kier alpha value is -2.57. The number of hydrogen-bond acceptors (Lipinski definition) is 5. The topological polar surface area (TPSA) is 90.9 Å². The SMILES string of the molecule is Cc1ccc(C)c(C(=O)C(C)n2cnc([N+](=O)[O-])n2)c1. The third kappa shape index (κ3) is 2.56. The molecule has 0 N–H and O–H groups in total. The van der Waals surface area contributed by atoms with Gasteiger partial charge in [-0.3, -0.25) is 4.79 Å². The molecule has 0 bridgehead atoms. The molecule has 0 saturated carbocycles. The van der Waals surface area contributed by atoms with E-state index in [1.165, 1.54) is 11.0 Å². The Bertz CT molecular complexity index is 678. The van der Waals surface area contributed by atoms with Gasteiger partial charge in [0.2, 0.25) is 6.33 Å². The highest BCUT2D eigenvalue weighted by atomic mass is 16.6. The maximum atomic E-state index is 12.4. The third-order valence-corrected chi connectivity index (χ3v) is 3.09. The van der Waals surface area contributed by atoms with Gasteiger partial charge < -0.3 is 10.1 Å². The van der Waals surface area contributed by atoms with Gasteiger partial charge in [-0.25, -0.2) is 0 Å². The number of carbonyl (C=O) groups excluding carboxylic acids is 1. The Morgan fingerprint density at radius 1 is 1.40 bits per heavy atom. The molecule has 1 atom stereocenters. The van der Waals surface area contributed by atoms with E-state index in [4.69, 9.17) is 0 Å². The van der Waals surface area contributed by atoms with Gasteiger partial charge in [0.1, 0.15) is 6.04 Å². The minimum atomic E-state index is -0.689. The molecular weight excluding hydrogens is 260 g/mol. The van der Waals surface area contributed by atoms with Crippen molar-refractivity contribution in [1.29, 1.82) is 0 Å². The number of rotatable bonds is 4. The zero-order valence-electron chi connectivity index (χ0n) is 11.4. The van der Waals surface area contributed by atoms with Crippen LogP contribution in [-0.2, 0) is 0 Å². The quantitative estimate of drug-likeness (QED) is 0.484. The van der Waals surface area contributed by atoms with E-state index in [0.717, 1.165) is 11.1 Å². The highest BCUT2D eigenvalue weighted by Gasteiger charge is 2.24. The van der Waals surface area contributed by atoms with Gasteiger partial charge in [-0.2, -0.15) is 4.68 Å². The normalized spacial score (nSPS) is 12.2. The molecule has 104 valence electrons. The number of benzene rings is 1. The minimum Gasteiger partial charge on any atom is -0.390 e. The molecule has 0 aliphatic rings. The average molecular weight is 274 g/mol. The average Bonchev–Trinajstić information content (AvgIpc) is 2.89. The van der Waals surface area contributed by atoms with E-state index >= 15 is 0 Å². The van der Waals surface area contributed by atoms with Crippen LogP contribution in [0.15, 0.2) is 24.5 Å². The summed E-state index contributed by atoms with van der Waals surface area (Å²) in [7, 11) is 0. The van der Waals surface area contributed by atoms with Crippen LogP contribution >= 0.6 is 0 Å². The summed E-state index contributed by atoms with van der Waals surface area (Å²) in [5.41, 5.74) is 2.44. The van der Waals surface area contributed by atoms with Crippen molar-refractivity contribution in [3.8, 4) is 0 Å². The fourth-order valence-corrected chi connectivity index (χ4v) is 1.88. The van der Waals surface area contributed by atoms with E-state index < -0.39 is 16.9 Å². The summed E-state index contributed by atoms with van der Waals surface area (Å²) >= 11 is 0. The summed E-state index contributed by atoms with van der Waals surface area (Å²) in [4.78, 5) is 25.9. The molecule has 7 heteroatoms. The molecule has 0 spiro atoms. The summed E-state index contributed by atoms with van der Waals surface area (Å²) in [6.45, 7) is 5.40. The molecule has 2 rings (SSSR count). The lowest BCUT2D eigenvalue weighted by Crippen LogP contribution is -2.18. The van der Waals surface area contributed by atoms with E-state index in [2.05, 4.69) is 10.1 Å². The molecule has 0 saturated heterocycles. The monoisotopic (exact) mass is 274 g/mol. The zero-order valence-corrected chi connectivity index (χ0v) is 11.4. The maximum Gasteiger partial charge on any atom is 0.490 e. The minimum absolute atomic E-state index is 0.147. The lowest BCUT2D eigenvalue weighted by molar-refractivity contribution is -0.394. The zero-order chi connectivity index (χ0) is 14.9. The first kappa shape index (κ1) is 13.9. The third-order valence-electron chi connectivity index (χ3n) is 3.09. The second-order valence-corrected chi connectivity index (χ2v) is 4.64. The van der Waals surface area contributed by atoms with Gasteiger partial charge in [0, 0.05) is 10.7 Å². The van der Waals surface area contributed by atoms with Crippen molar-refractivity contribution in [2.45, 2.75) is 26.8 Å². The van der Waals surface area contributed by atoms with Crippen molar-refractivity contribution in [2.24, 2.45) is 0 Å². The lowest BCUT2D eigenvalue weighted by Gasteiger charge is -2.10. The van der Waals surface area contributed by atoms with Crippen molar-refractivity contribution in [2.75, 3.05) is 0 Å². The van der Waals surface area contributed by atoms with Crippen molar-refractivity contribution >= 4 is 11.7 Å². The summed E-state index contributed by atoms with van der Waals surface area (Å²) in [5.74, 6) is -0.656. The lowest BCUT2D eigenvalue weighted by atomic mass is 9.98. The Morgan fingerprint density at radius 3 is 2.70 bits per heavy atom. The Morgan fingerprint density at radius 2 is 2.10 bits per heavy atom. The first-order valence-corrected chi connectivity index (χ1v) is 6.07. The summed E-state index contributed by atoms with van der Waals surface area (Å²) < 4.78 is 1.21. The van der Waals surface area contributed by atoms with Crippen LogP contribution in [0.1, 0.15) is 34.5 Å². The van der Waals surface area contributed by atoms with Gasteiger partial charge in [0.15, 0.2) is 5.78 Å². The molecule has 0 amide bonds. The highest BCUT2D eigenvalue weighted by Crippen LogP contribution is 2.18. The number of nitro groups is 1. The van der Waals surface area contributed by atoms with Crippen molar-refractivity contribution in [3.05, 3.63) is 51.3 Å². The molecule has 1 aromatic heterocycles. The van der Waals surface area contributed by atoms with Crippen LogP contribution < -0.4 is 0 Å². The number of ketones is 1. The number of carbonyl (C=O) groups is 1. The Labute approximate surface area is 115 Å². The number of aromatic nitrogens is 3. The van der Waals surface area contributed by atoms with Gasteiger partial charge in [-0.1, -0.05) is 22.7 Å². The van der Waals surface area contributed by atoms with Crippen LogP contribution in [0, 0.1) is 24.0 Å². The predicted molar refractivity (Wildman–Crippen MR) is 71.6 cm³/mol. The van der Waals surface area contributed by atoms with E-state index in [-0.39, 0.29) is 5.78 Å². The fraction of sp³-hybridized carbons (Fsp3) is 0.308. The molecule has 1 aromatic carbocycles. The summed E-state index contributed by atoms with van der Waals surface area (Å²) in [5, 5.41) is 14.3. The molecule has 2 aromatic rings. The van der Waals surface area contributed by atoms with Crippen molar-refractivity contribution < 1.29 is 9.72 Å². The van der Waals surface area contributed by atoms with Gasteiger partial charge in [-0.05, 0) is 37.3 Å². The van der Waals surface area contributed by atoms with Crippen LogP contribution in [0.3, 0.4) is 0 Å². The smallest absolute Gasteiger partial charge is 0.390 e. The van der Waals surface area contributed by atoms with Gasteiger partial charge >= 0.3 is 5.95 Å². The Kier molecular flexibility index (Phi) is 3.60. The molecule has 7 nitrogen and oxygen atoms in total. The Balaban J connectivity index is 2.32. The van der Waals surface area contributed by atoms with Crippen LogP contribution in [0.2, 0.25) is 0 Å². The van der Waals surface area contributed by atoms with Crippen molar-refractivity contribution in [3.63, 3.8) is 0 Å². The number of Topliss-reactive ketones (excluding diaryl/α,β-unsaturated/α-hetero) is 1. The number of nitrogens with zero attached hydrogens (tertiary/aromatic N) is 4. The van der Waals surface area contributed by atoms with Crippen LogP contribution in [0.25, 0.3) is 0 Å². The molecule has 1 heterocycles. The second-order valence-electron chi connectivity index (χ2n) is 4.64. The molecular formula is C13H14N4O3. The van der Waals surface area contributed by atoms with E-state index in [0.29, 0.717) is 5.56 Å². The van der Waals surface area contributed by atoms with Gasteiger partial charge in [0.25, 0.3) is 0 Å². The number of hydrogen-bond donors (Lipinski definition) is 0. The highest BCUT2D eigenvalue weighted by molar-refractivity contribution is 6.00. The van der Waals surface area contributed by atoms with Gasteiger partial charge in [0.05, 0.1) is 0 Å². The number of aryl methyl sites for hydroxylation is 2. The van der Waals surface area contributed by atoms with Crippen molar-refractivity contribution in [1.82, 2.24) is 14.8 Å². The molecule has 0 radical (unpaired) electrons. The fourth-order valence-electron chi connectivity index (χ4n) is 1.88. The van der Waals surface area contributed by atoms with Crippen LogP contribution in [0.5, 0.6) is 0 Å². The predicted octanol–water partition coefficient (Wildman–Crippen LogP) is 2.25. The first-order chi connectivity index (χ1) is 9.40.